The molecule has 2 rings (SSSR count). The summed E-state index contributed by atoms with van der Waals surface area (Å²) in [5, 5.41) is 10.0. The zero-order valence-electron chi connectivity index (χ0n) is 11.0. The molecule has 1 nitrogen and oxygen atoms in total. The van der Waals surface area contributed by atoms with Crippen LogP contribution in [0.15, 0.2) is 10.5 Å². The summed E-state index contributed by atoms with van der Waals surface area (Å²) in [7, 11) is 0. The van der Waals surface area contributed by atoms with Crippen molar-refractivity contribution in [3.05, 3.63) is 27.2 Å². The number of alkyl halides is 3. The van der Waals surface area contributed by atoms with E-state index in [0.29, 0.717) is 21.2 Å². The highest BCUT2D eigenvalue weighted by Crippen LogP contribution is 2.61. The van der Waals surface area contributed by atoms with Crippen molar-refractivity contribution in [2.45, 2.75) is 51.1 Å². The van der Waals surface area contributed by atoms with E-state index in [0.717, 1.165) is 0 Å². The molecule has 1 N–H and O–H groups in total. The lowest BCUT2D eigenvalue weighted by Crippen LogP contribution is -2.29. The minimum absolute atomic E-state index is 0.0281. The third-order valence-electron chi connectivity index (χ3n) is 3.94. The summed E-state index contributed by atoms with van der Waals surface area (Å²) in [5.41, 5.74) is -0.371. The normalized spacial score (nSPS) is 17.9. The molecule has 0 saturated heterocycles. The first kappa shape index (κ1) is 14.7. The van der Waals surface area contributed by atoms with Crippen LogP contribution >= 0.6 is 15.9 Å². The fourth-order valence-electron chi connectivity index (χ4n) is 2.52. The van der Waals surface area contributed by atoms with Gasteiger partial charge in [0, 0.05) is 0 Å². The van der Waals surface area contributed by atoms with E-state index < -0.39 is 11.6 Å². The second-order valence-corrected chi connectivity index (χ2v) is 6.33. The predicted molar refractivity (Wildman–Crippen MR) is 71.6 cm³/mol. The van der Waals surface area contributed by atoms with Gasteiger partial charge in [-0.15, -0.1) is 0 Å². The average molecular weight is 337 g/mol. The molecule has 1 aromatic carbocycles. The van der Waals surface area contributed by atoms with Crippen molar-refractivity contribution < 1.29 is 18.3 Å². The van der Waals surface area contributed by atoms with Gasteiger partial charge >= 0.3 is 6.18 Å². The molecule has 0 bridgehead atoms. The third kappa shape index (κ3) is 2.16. The molecule has 0 aromatic heterocycles. The van der Waals surface area contributed by atoms with Crippen LogP contribution in [0.5, 0.6) is 5.75 Å². The number of hydrogen-bond acceptors (Lipinski definition) is 1. The number of phenols is 1. The fraction of sp³-hybridized carbons (Fsp3) is 0.571. The summed E-state index contributed by atoms with van der Waals surface area (Å²) in [6, 6.07) is 1.53. The van der Waals surface area contributed by atoms with Crippen LogP contribution in [0.4, 0.5) is 13.2 Å². The zero-order chi connectivity index (χ0) is 14.6. The first-order valence-electron chi connectivity index (χ1n) is 6.21. The van der Waals surface area contributed by atoms with E-state index in [1.807, 2.05) is 13.8 Å². The van der Waals surface area contributed by atoms with Crippen molar-refractivity contribution in [3.63, 3.8) is 0 Å². The number of rotatable bonds is 2. The van der Waals surface area contributed by atoms with Crippen LogP contribution in [-0.4, -0.2) is 11.3 Å². The molecule has 1 saturated carbocycles. The minimum atomic E-state index is -4.23. The Labute approximate surface area is 119 Å². The Bertz CT molecular complexity index is 516. The summed E-state index contributed by atoms with van der Waals surface area (Å²) < 4.78 is 40.1. The third-order valence-corrected chi connectivity index (χ3v) is 4.91. The molecule has 0 amide bonds. The van der Waals surface area contributed by atoms with Crippen molar-refractivity contribution >= 4 is 15.9 Å². The van der Waals surface area contributed by atoms with Gasteiger partial charge in [0.15, 0.2) is 0 Å². The number of benzene rings is 1. The van der Waals surface area contributed by atoms with Crippen molar-refractivity contribution in [1.29, 1.82) is 0 Å². The smallest absolute Gasteiger partial charge is 0.398 e. The number of aromatic hydroxyl groups is 1. The topological polar surface area (TPSA) is 20.2 Å². The van der Waals surface area contributed by atoms with Crippen LogP contribution in [0.25, 0.3) is 0 Å². The van der Waals surface area contributed by atoms with E-state index in [1.54, 1.807) is 6.92 Å². The first-order chi connectivity index (χ1) is 8.62. The molecular weight excluding hydrogens is 321 g/mol. The van der Waals surface area contributed by atoms with Crippen molar-refractivity contribution in [2.75, 3.05) is 0 Å². The largest absolute Gasteiger partial charge is 0.506 e. The summed E-state index contributed by atoms with van der Waals surface area (Å²) in [6.45, 7) is 5.33. The van der Waals surface area contributed by atoms with Crippen LogP contribution in [0.3, 0.4) is 0 Å². The number of hydrogen-bond donors (Lipinski definition) is 1. The van der Waals surface area contributed by atoms with Gasteiger partial charge in [0.1, 0.15) is 5.75 Å². The molecule has 0 heterocycles. The molecule has 5 heteroatoms. The summed E-state index contributed by atoms with van der Waals surface area (Å²) in [4.78, 5) is 0. The maximum Gasteiger partial charge on any atom is 0.398 e. The number of phenolic OH excluding ortho intramolecular Hbond substituents is 1. The van der Waals surface area contributed by atoms with Gasteiger partial charge < -0.3 is 5.11 Å². The summed E-state index contributed by atoms with van der Waals surface area (Å²) >= 11 is 3.22. The van der Waals surface area contributed by atoms with Crippen molar-refractivity contribution in [3.8, 4) is 5.75 Å². The van der Waals surface area contributed by atoms with E-state index in [-0.39, 0.29) is 24.5 Å². The minimum Gasteiger partial charge on any atom is -0.506 e. The van der Waals surface area contributed by atoms with Crippen LogP contribution in [-0.2, 0) is 5.41 Å². The number of halogens is 4. The molecule has 1 aliphatic carbocycles. The second-order valence-electron chi connectivity index (χ2n) is 5.54. The standard InChI is InChI=1S/C14H16BrF3O/c1-7(2)9-6-10(8(3)11(15)12(9)19)13(4-5-13)14(16,17)18/h6-7,19H,4-5H2,1-3H3. The molecule has 0 spiro atoms. The van der Waals surface area contributed by atoms with Gasteiger partial charge in [0.2, 0.25) is 0 Å². The Morgan fingerprint density at radius 2 is 1.84 bits per heavy atom. The molecule has 106 valence electrons. The SMILES string of the molecule is Cc1c(C2(C(F)(F)F)CC2)cc(C(C)C)c(O)c1Br. The highest BCUT2D eigenvalue weighted by Gasteiger charge is 2.64. The van der Waals surface area contributed by atoms with Gasteiger partial charge in [-0.3, -0.25) is 0 Å². The van der Waals surface area contributed by atoms with E-state index in [9.17, 15) is 18.3 Å². The van der Waals surface area contributed by atoms with Crippen LogP contribution in [0, 0.1) is 6.92 Å². The first-order valence-corrected chi connectivity index (χ1v) is 7.00. The van der Waals surface area contributed by atoms with Crippen molar-refractivity contribution in [1.82, 2.24) is 0 Å². The second kappa shape index (κ2) is 4.40. The average Bonchev–Trinajstić information content (AvgIpc) is 3.06. The lowest BCUT2D eigenvalue weighted by atomic mass is 9.87. The van der Waals surface area contributed by atoms with Crippen LogP contribution < -0.4 is 0 Å². The molecular formula is C14H16BrF3O. The fourth-order valence-corrected chi connectivity index (χ4v) is 2.96. The zero-order valence-corrected chi connectivity index (χ0v) is 12.6. The highest BCUT2D eigenvalue weighted by atomic mass is 79.9. The van der Waals surface area contributed by atoms with Crippen molar-refractivity contribution in [2.24, 2.45) is 0 Å². The maximum atomic E-state index is 13.2. The molecule has 0 unspecified atom stereocenters. The van der Waals surface area contributed by atoms with E-state index in [1.165, 1.54) is 6.07 Å². The molecule has 0 radical (unpaired) electrons. The van der Waals surface area contributed by atoms with Gasteiger partial charge in [0.05, 0.1) is 9.89 Å². The van der Waals surface area contributed by atoms with E-state index in [4.69, 9.17) is 0 Å². The lowest BCUT2D eigenvalue weighted by Gasteiger charge is -2.24. The Hall–Kier alpha value is -0.710. The quantitative estimate of drug-likeness (QED) is 0.788. The van der Waals surface area contributed by atoms with Gasteiger partial charge in [-0.25, -0.2) is 0 Å². The summed E-state index contributed by atoms with van der Waals surface area (Å²) in [5.74, 6) is 0.0221. The van der Waals surface area contributed by atoms with Gasteiger partial charge in [-0.1, -0.05) is 19.9 Å². The van der Waals surface area contributed by atoms with E-state index >= 15 is 0 Å². The maximum absolute atomic E-state index is 13.2. The Kier molecular flexibility index (Phi) is 3.40. The Balaban J connectivity index is 2.66. The van der Waals surface area contributed by atoms with Crippen LogP contribution in [0.2, 0.25) is 0 Å². The highest BCUT2D eigenvalue weighted by molar-refractivity contribution is 9.10. The van der Waals surface area contributed by atoms with Gasteiger partial charge in [0.25, 0.3) is 0 Å². The monoisotopic (exact) mass is 336 g/mol. The van der Waals surface area contributed by atoms with E-state index in [2.05, 4.69) is 15.9 Å². The molecule has 1 aromatic rings. The predicted octanol–water partition coefficient (Wildman–Crippen LogP) is 5.18. The Morgan fingerprint density at radius 1 is 1.32 bits per heavy atom. The van der Waals surface area contributed by atoms with Crippen LogP contribution in [0.1, 0.15) is 49.3 Å². The van der Waals surface area contributed by atoms with Gasteiger partial charge in [-0.05, 0) is 58.3 Å². The molecule has 0 aliphatic heterocycles. The molecule has 0 atom stereocenters. The Morgan fingerprint density at radius 3 is 2.21 bits per heavy atom. The van der Waals surface area contributed by atoms with Gasteiger partial charge in [-0.2, -0.15) is 13.2 Å². The molecule has 19 heavy (non-hydrogen) atoms. The summed E-state index contributed by atoms with van der Waals surface area (Å²) in [6.07, 6.45) is -3.97. The molecule has 1 aliphatic rings. The molecule has 1 fully saturated rings. The lowest BCUT2D eigenvalue weighted by molar-refractivity contribution is -0.160.